The monoisotopic (exact) mass is 354 g/mol. The summed E-state index contributed by atoms with van der Waals surface area (Å²) in [6, 6.07) is 21.3. The number of benzene rings is 2. The highest BCUT2D eigenvalue weighted by atomic mass is 32.2. The van der Waals surface area contributed by atoms with Crippen LogP contribution in [0.3, 0.4) is 0 Å². The fourth-order valence-electron chi connectivity index (χ4n) is 2.26. The summed E-state index contributed by atoms with van der Waals surface area (Å²) >= 11 is 3.85. The van der Waals surface area contributed by atoms with Crippen LogP contribution < -0.4 is 0 Å². The van der Waals surface area contributed by atoms with Gasteiger partial charge in [-0.15, -0.1) is 23.5 Å². The van der Waals surface area contributed by atoms with Gasteiger partial charge in [0.15, 0.2) is 0 Å². The minimum atomic E-state index is 0.390. The molecule has 0 amide bonds. The third-order valence-electron chi connectivity index (χ3n) is 3.50. The lowest BCUT2D eigenvalue weighted by Gasteiger charge is -2.14. The SMILES string of the molecule is CC(C)=CCC/C(C)=C/C(Sc1ccccc1)Sc1ccccc1. The van der Waals surface area contributed by atoms with Crippen molar-refractivity contribution < 1.29 is 0 Å². The van der Waals surface area contributed by atoms with E-state index in [1.807, 2.05) is 23.5 Å². The normalized spacial score (nSPS) is 11.6. The summed E-state index contributed by atoms with van der Waals surface area (Å²) in [6.45, 7) is 6.58. The van der Waals surface area contributed by atoms with E-state index in [0.29, 0.717) is 4.58 Å². The van der Waals surface area contributed by atoms with Crippen molar-refractivity contribution >= 4 is 23.5 Å². The molecule has 0 aliphatic carbocycles. The molecular formula is C22H26S2. The van der Waals surface area contributed by atoms with Crippen molar-refractivity contribution in [3.63, 3.8) is 0 Å². The third-order valence-corrected chi connectivity index (χ3v) is 5.91. The van der Waals surface area contributed by atoms with E-state index in [4.69, 9.17) is 0 Å². The van der Waals surface area contributed by atoms with Crippen LogP contribution in [0.2, 0.25) is 0 Å². The van der Waals surface area contributed by atoms with Crippen molar-refractivity contribution in [3.8, 4) is 0 Å². The highest BCUT2D eigenvalue weighted by molar-refractivity contribution is 8.17. The van der Waals surface area contributed by atoms with Crippen LogP contribution in [0.15, 0.2) is 93.8 Å². The first kappa shape index (κ1) is 19.0. The maximum Gasteiger partial charge on any atom is 0.0779 e. The van der Waals surface area contributed by atoms with Crippen LogP contribution in [-0.4, -0.2) is 4.58 Å². The average Bonchev–Trinajstić information content (AvgIpc) is 2.56. The third kappa shape index (κ3) is 7.46. The topological polar surface area (TPSA) is 0 Å². The van der Waals surface area contributed by atoms with Crippen LogP contribution in [-0.2, 0) is 0 Å². The molecule has 24 heavy (non-hydrogen) atoms. The van der Waals surface area contributed by atoms with Crippen molar-refractivity contribution in [2.24, 2.45) is 0 Å². The van der Waals surface area contributed by atoms with Gasteiger partial charge < -0.3 is 0 Å². The molecule has 2 rings (SSSR count). The molecule has 0 bridgehead atoms. The average molecular weight is 355 g/mol. The van der Waals surface area contributed by atoms with E-state index in [2.05, 4.69) is 93.6 Å². The van der Waals surface area contributed by atoms with Gasteiger partial charge in [0, 0.05) is 9.79 Å². The molecule has 0 aliphatic rings. The first-order valence-electron chi connectivity index (χ1n) is 8.37. The number of hydrogen-bond donors (Lipinski definition) is 0. The second kappa shape index (κ2) is 10.5. The van der Waals surface area contributed by atoms with E-state index in [1.165, 1.54) is 20.9 Å². The molecule has 0 aromatic heterocycles. The molecule has 2 heteroatoms. The van der Waals surface area contributed by atoms with Crippen LogP contribution in [0.25, 0.3) is 0 Å². The van der Waals surface area contributed by atoms with Gasteiger partial charge in [-0.2, -0.15) is 0 Å². The summed E-state index contributed by atoms with van der Waals surface area (Å²) in [7, 11) is 0. The molecule has 0 nitrogen and oxygen atoms in total. The second-order valence-corrected chi connectivity index (χ2v) is 8.79. The molecule has 0 aliphatic heterocycles. The van der Waals surface area contributed by atoms with E-state index in [1.54, 1.807) is 0 Å². The number of allylic oxidation sites excluding steroid dienone is 3. The number of thioether (sulfide) groups is 2. The minimum Gasteiger partial charge on any atom is -0.107 e. The first-order valence-corrected chi connectivity index (χ1v) is 10.1. The van der Waals surface area contributed by atoms with E-state index in [-0.39, 0.29) is 0 Å². The predicted octanol–water partition coefficient (Wildman–Crippen LogP) is 7.59. The summed E-state index contributed by atoms with van der Waals surface area (Å²) in [6.07, 6.45) is 7.00. The highest BCUT2D eigenvalue weighted by Gasteiger charge is 2.10. The Bertz CT molecular complexity index is 611. The van der Waals surface area contributed by atoms with Crippen molar-refractivity contribution in [1.82, 2.24) is 0 Å². The lowest BCUT2D eigenvalue weighted by atomic mass is 10.1. The van der Waals surface area contributed by atoms with Gasteiger partial charge in [-0.3, -0.25) is 0 Å². The summed E-state index contributed by atoms with van der Waals surface area (Å²) in [5, 5.41) is 0. The van der Waals surface area contributed by atoms with Crippen LogP contribution in [0.5, 0.6) is 0 Å². The summed E-state index contributed by atoms with van der Waals surface area (Å²) < 4.78 is 0.390. The Morgan fingerprint density at radius 2 is 1.33 bits per heavy atom. The van der Waals surface area contributed by atoms with Gasteiger partial charge in [-0.05, 0) is 57.9 Å². The number of rotatable bonds is 8. The Kier molecular flexibility index (Phi) is 8.27. The molecule has 0 atom stereocenters. The van der Waals surface area contributed by atoms with Crippen molar-refractivity contribution in [1.29, 1.82) is 0 Å². The molecule has 2 aromatic rings. The maximum absolute atomic E-state index is 2.42. The van der Waals surface area contributed by atoms with E-state index in [0.717, 1.165) is 12.8 Å². The lowest BCUT2D eigenvalue weighted by molar-refractivity contribution is 0.962. The molecule has 126 valence electrons. The van der Waals surface area contributed by atoms with Gasteiger partial charge in [0.2, 0.25) is 0 Å². The molecule has 0 radical (unpaired) electrons. The molecule has 0 fully saturated rings. The Balaban J connectivity index is 2.08. The molecule has 0 spiro atoms. The zero-order valence-electron chi connectivity index (χ0n) is 14.7. The van der Waals surface area contributed by atoms with Crippen LogP contribution in [0.4, 0.5) is 0 Å². The fraction of sp³-hybridized carbons (Fsp3) is 0.273. The summed E-state index contributed by atoms with van der Waals surface area (Å²) in [4.78, 5) is 2.64. The van der Waals surface area contributed by atoms with Crippen LogP contribution in [0, 0.1) is 0 Å². The van der Waals surface area contributed by atoms with Gasteiger partial charge in [0.1, 0.15) is 0 Å². The smallest absolute Gasteiger partial charge is 0.0779 e. The maximum atomic E-state index is 2.42. The zero-order valence-corrected chi connectivity index (χ0v) is 16.4. The Morgan fingerprint density at radius 1 is 0.833 bits per heavy atom. The van der Waals surface area contributed by atoms with Gasteiger partial charge in [-0.1, -0.05) is 59.7 Å². The first-order chi connectivity index (χ1) is 11.6. The van der Waals surface area contributed by atoms with E-state index in [9.17, 15) is 0 Å². The Labute approximate surface area is 155 Å². The molecule has 0 unspecified atom stereocenters. The van der Waals surface area contributed by atoms with Gasteiger partial charge >= 0.3 is 0 Å². The molecule has 0 N–H and O–H groups in total. The Morgan fingerprint density at radius 3 is 1.79 bits per heavy atom. The van der Waals surface area contributed by atoms with E-state index >= 15 is 0 Å². The molecule has 0 heterocycles. The van der Waals surface area contributed by atoms with Crippen molar-refractivity contribution in [2.75, 3.05) is 0 Å². The number of hydrogen-bond acceptors (Lipinski definition) is 2. The van der Waals surface area contributed by atoms with Crippen molar-refractivity contribution in [3.05, 3.63) is 84.0 Å². The fourth-order valence-corrected chi connectivity index (χ4v) is 4.89. The predicted molar refractivity (Wildman–Crippen MR) is 111 cm³/mol. The van der Waals surface area contributed by atoms with Gasteiger partial charge in [0.05, 0.1) is 4.58 Å². The quantitative estimate of drug-likeness (QED) is 0.272. The Hall–Kier alpha value is -1.38. The molecular weight excluding hydrogens is 328 g/mol. The molecule has 2 aromatic carbocycles. The molecule has 0 saturated carbocycles. The molecule has 0 saturated heterocycles. The van der Waals surface area contributed by atoms with Gasteiger partial charge in [-0.25, -0.2) is 0 Å². The second-order valence-electron chi connectivity index (χ2n) is 6.06. The standard InChI is InChI=1S/C22H26S2/c1-18(2)11-10-12-19(3)17-22(23-20-13-6-4-7-14-20)24-21-15-8-5-9-16-21/h4-9,11,13-17,22H,10,12H2,1-3H3/b19-17+. The van der Waals surface area contributed by atoms with Crippen LogP contribution in [0.1, 0.15) is 33.6 Å². The van der Waals surface area contributed by atoms with Crippen molar-refractivity contribution in [2.45, 2.75) is 48.0 Å². The summed E-state index contributed by atoms with van der Waals surface area (Å²) in [5.74, 6) is 0. The summed E-state index contributed by atoms with van der Waals surface area (Å²) in [5.41, 5.74) is 2.86. The highest BCUT2D eigenvalue weighted by Crippen LogP contribution is 2.37. The van der Waals surface area contributed by atoms with E-state index < -0.39 is 0 Å². The van der Waals surface area contributed by atoms with Crippen LogP contribution >= 0.6 is 23.5 Å². The zero-order chi connectivity index (χ0) is 17.2. The largest absolute Gasteiger partial charge is 0.107 e. The van der Waals surface area contributed by atoms with Gasteiger partial charge in [0.25, 0.3) is 0 Å². The lowest BCUT2D eigenvalue weighted by Crippen LogP contribution is -1.94. The minimum absolute atomic E-state index is 0.390.